The summed E-state index contributed by atoms with van der Waals surface area (Å²) in [5.41, 5.74) is 1.94. The normalized spacial score (nSPS) is 11.9. The Balaban J connectivity index is 2.28. The van der Waals surface area contributed by atoms with Gasteiger partial charge in [-0.05, 0) is 6.42 Å². The number of thiazole rings is 1. The fraction of sp³-hybridized carbons (Fsp3) is 0.250. The van der Waals surface area contributed by atoms with Crippen LogP contribution in [0.1, 0.15) is 13.3 Å². The second-order valence-corrected chi connectivity index (χ2v) is 6.44. The minimum Gasteiger partial charge on any atom is -0.283 e. The smallest absolute Gasteiger partial charge is 0.242 e. The Morgan fingerprint density at radius 3 is 2.81 bits per heavy atom. The molecule has 21 heavy (non-hydrogen) atoms. The van der Waals surface area contributed by atoms with Crippen LogP contribution >= 0.6 is 27.3 Å². The van der Waals surface area contributed by atoms with Crippen molar-refractivity contribution in [1.29, 1.82) is 0 Å². The molecule has 0 N–H and O–H groups in total. The van der Waals surface area contributed by atoms with Gasteiger partial charge in [0.15, 0.2) is 5.13 Å². The molecule has 0 aliphatic rings. The maximum atomic E-state index is 12.4. The first-order valence-corrected chi connectivity index (χ1v) is 8.54. The van der Waals surface area contributed by atoms with Crippen LogP contribution in [0.2, 0.25) is 0 Å². The van der Waals surface area contributed by atoms with Crippen molar-refractivity contribution >= 4 is 38.3 Å². The van der Waals surface area contributed by atoms with Crippen LogP contribution < -0.4 is 4.90 Å². The number of halogens is 1. The SMILES string of the molecule is C=CCN(C(=O)C(Br)CC)c1nc(-c2ccccc2)cs1. The summed E-state index contributed by atoms with van der Waals surface area (Å²) < 4.78 is 0. The minimum atomic E-state index is -0.193. The monoisotopic (exact) mass is 364 g/mol. The van der Waals surface area contributed by atoms with Gasteiger partial charge >= 0.3 is 0 Å². The number of aromatic nitrogens is 1. The van der Waals surface area contributed by atoms with Gasteiger partial charge in [-0.2, -0.15) is 0 Å². The van der Waals surface area contributed by atoms with E-state index in [0.717, 1.165) is 17.7 Å². The zero-order valence-corrected chi connectivity index (χ0v) is 14.2. The zero-order valence-electron chi connectivity index (χ0n) is 11.8. The van der Waals surface area contributed by atoms with Gasteiger partial charge in [-0.1, -0.05) is 59.3 Å². The molecule has 110 valence electrons. The van der Waals surface area contributed by atoms with E-state index in [1.54, 1.807) is 11.0 Å². The molecule has 0 radical (unpaired) electrons. The number of carbonyl (C=O) groups excluding carboxylic acids is 1. The molecule has 0 bridgehead atoms. The number of rotatable bonds is 6. The number of benzene rings is 1. The predicted molar refractivity (Wildman–Crippen MR) is 93.1 cm³/mol. The molecule has 1 aromatic carbocycles. The highest BCUT2D eigenvalue weighted by Crippen LogP contribution is 2.28. The van der Waals surface area contributed by atoms with Crippen molar-refractivity contribution in [3.63, 3.8) is 0 Å². The van der Waals surface area contributed by atoms with Gasteiger partial charge in [-0.15, -0.1) is 17.9 Å². The van der Waals surface area contributed by atoms with E-state index in [2.05, 4.69) is 27.5 Å². The molecule has 0 aliphatic carbocycles. The van der Waals surface area contributed by atoms with E-state index in [1.807, 2.05) is 42.6 Å². The third-order valence-corrected chi connectivity index (χ3v) is 4.90. The molecule has 3 nitrogen and oxygen atoms in total. The van der Waals surface area contributed by atoms with Crippen LogP contribution in [0.15, 0.2) is 48.4 Å². The van der Waals surface area contributed by atoms with E-state index < -0.39 is 0 Å². The largest absolute Gasteiger partial charge is 0.283 e. The van der Waals surface area contributed by atoms with Crippen molar-refractivity contribution in [2.45, 2.75) is 18.2 Å². The lowest BCUT2D eigenvalue weighted by Gasteiger charge is -2.20. The summed E-state index contributed by atoms with van der Waals surface area (Å²) in [7, 11) is 0. The van der Waals surface area contributed by atoms with Gasteiger partial charge < -0.3 is 0 Å². The Morgan fingerprint density at radius 2 is 2.19 bits per heavy atom. The fourth-order valence-electron chi connectivity index (χ4n) is 1.86. The van der Waals surface area contributed by atoms with Crippen LogP contribution in [0.3, 0.4) is 0 Å². The van der Waals surface area contributed by atoms with E-state index >= 15 is 0 Å². The molecule has 5 heteroatoms. The molecule has 0 aliphatic heterocycles. The van der Waals surface area contributed by atoms with Gasteiger partial charge in [0.25, 0.3) is 0 Å². The van der Waals surface area contributed by atoms with Crippen LogP contribution in [0.25, 0.3) is 11.3 Å². The first-order valence-electron chi connectivity index (χ1n) is 6.74. The first kappa shape index (κ1) is 15.9. The maximum Gasteiger partial charge on any atom is 0.242 e. The number of amides is 1. The number of hydrogen-bond acceptors (Lipinski definition) is 3. The second-order valence-electron chi connectivity index (χ2n) is 4.49. The lowest BCUT2D eigenvalue weighted by Crippen LogP contribution is -2.36. The Kier molecular flexibility index (Phi) is 5.70. The van der Waals surface area contributed by atoms with E-state index in [-0.39, 0.29) is 10.7 Å². The van der Waals surface area contributed by atoms with Crippen molar-refractivity contribution < 1.29 is 4.79 Å². The standard InChI is InChI=1S/C16H17BrN2OS/c1-3-10-19(15(20)13(17)4-2)16-18-14(11-21-16)12-8-6-5-7-9-12/h3,5-9,11,13H,1,4,10H2,2H3. The Hall–Kier alpha value is -1.46. The summed E-state index contributed by atoms with van der Waals surface area (Å²) in [6.07, 6.45) is 2.46. The van der Waals surface area contributed by atoms with E-state index in [9.17, 15) is 4.79 Å². The van der Waals surface area contributed by atoms with E-state index in [1.165, 1.54) is 11.3 Å². The molecule has 0 fully saturated rings. The topological polar surface area (TPSA) is 33.2 Å². The third-order valence-electron chi connectivity index (χ3n) is 3.00. The van der Waals surface area contributed by atoms with Crippen LogP contribution in [0.4, 0.5) is 5.13 Å². The van der Waals surface area contributed by atoms with Crippen molar-refractivity contribution in [2.75, 3.05) is 11.4 Å². The zero-order chi connectivity index (χ0) is 15.2. The average molecular weight is 365 g/mol. The predicted octanol–water partition coefficient (Wildman–Crippen LogP) is 4.50. The molecule has 1 unspecified atom stereocenters. The molecule has 0 saturated heterocycles. The molecular weight excluding hydrogens is 348 g/mol. The number of alkyl halides is 1. The first-order chi connectivity index (χ1) is 10.2. The fourth-order valence-corrected chi connectivity index (χ4v) is 2.96. The van der Waals surface area contributed by atoms with E-state index in [4.69, 9.17) is 0 Å². The number of nitrogens with zero attached hydrogens (tertiary/aromatic N) is 2. The Labute approximate surface area is 137 Å². The number of hydrogen-bond donors (Lipinski definition) is 0. The summed E-state index contributed by atoms with van der Waals surface area (Å²) in [4.78, 5) is 18.5. The molecule has 1 aromatic heterocycles. The van der Waals surface area contributed by atoms with Gasteiger partial charge in [0.2, 0.25) is 5.91 Å². The van der Waals surface area contributed by atoms with Crippen molar-refractivity contribution in [3.8, 4) is 11.3 Å². The minimum absolute atomic E-state index is 0.0198. The second kappa shape index (κ2) is 7.52. The molecular formula is C16H17BrN2OS. The van der Waals surface area contributed by atoms with Crippen molar-refractivity contribution in [1.82, 2.24) is 4.98 Å². The van der Waals surface area contributed by atoms with Gasteiger partial charge in [0, 0.05) is 17.5 Å². The van der Waals surface area contributed by atoms with Crippen molar-refractivity contribution in [3.05, 3.63) is 48.4 Å². The maximum absolute atomic E-state index is 12.4. The summed E-state index contributed by atoms with van der Waals surface area (Å²) in [6, 6.07) is 9.95. The lowest BCUT2D eigenvalue weighted by molar-refractivity contribution is -0.117. The summed E-state index contributed by atoms with van der Waals surface area (Å²) in [6.45, 7) is 6.16. The number of anilines is 1. The summed E-state index contributed by atoms with van der Waals surface area (Å²) in [5.74, 6) is 0.0198. The average Bonchev–Trinajstić information content (AvgIpc) is 3.01. The molecule has 2 rings (SSSR count). The number of carbonyl (C=O) groups is 1. The van der Waals surface area contributed by atoms with Crippen LogP contribution in [0.5, 0.6) is 0 Å². The molecule has 1 amide bonds. The Morgan fingerprint density at radius 1 is 1.48 bits per heavy atom. The van der Waals surface area contributed by atoms with Gasteiger partial charge in [-0.3, -0.25) is 9.69 Å². The molecule has 1 atom stereocenters. The van der Waals surface area contributed by atoms with Crippen molar-refractivity contribution in [2.24, 2.45) is 0 Å². The molecule has 1 heterocycles. The van der Waals surface area contributed by atoms with E-state index in [0.29, 0.717) is 11.7 Å². The van der Waals surface area contributed by atoms with Crippen LogP contribution in [-0.2, 0) is 4.79 Å². The lowest BCUT2D eigenvalue weighted by atomic mass is 10.2. The molecule has 2 aromatic rings. The Bertz CT molecular complexity index is 612. The van der Waals surface area contributed by atoms with Gasteiger partial charge in [0.1, 0.15) is 0 Å². The van der Waals surface area contributed by atoms with Gasteiger partial charge in [-0.25, -0.2) is 4.98 Å². The summed E-state index contributed by atoms with van der Waals surface area (Å²) >= 11 is 4.89. The summed E-state index contributed by atoms with van der Waals surface area (Å²) in [5, 5.41) is 2.68. The van der Waals surface area contributed by atoms with Crippen LogP contribution in [0, 0.1) is 0 Å². The molecule has 0 spiro atoms. The van der Waals surface area contributed by atoms with Crippen LogP contribution in [-0.4, -0.2) is 22.3 Å². The molecule has 0 saturated carbocycles. The highest BCUT2D eigenvalue weighted by Gasteiger charge is 2.23. The highest BCUT2D eigenvalue weighted by molar-refractivity contribution is 9.10. The van der Waals surface area contributed by atoms with Gasteiger partial charge in [0.05, 0.1) is 10.5 Å². The third kappa shape index (κ3) is 3.80. The highest BCUT2D eigenvalue weighted by atomic mass is 79.9. The quantitative estimate of drug-likeness (QED) is 0.558.